The molecule has 1 atom stereocenters. The summed E-state index contributed by atoms with van der Waals surface area (Å²) in [5.41, 5.74) is 0.102. The van der Waals surface area contributed by atoms with E-state index in [-0.39, 0.29) is 11.7 Å². The van der Waals surface area contributed by atoms with E-state index in [1.807, 2.05) is 18.2 Å². The molecule has 2 heterocycles. The molecular formula is C22H21Cl2NO4. The van der Waals surface area contributed by atoms with Gasteiger partial charge in [0.15, 0.2) is 11.9 Å². The van der Waals surface area contributed by atoms with Crippen molar-refractivity contribution in [1.82, 2.24) is 4.90 Å². The number of hydrogen-bond donors (Lipinski definition) is 0. The minimum atomic E-state index is -0.683. The van der Waals surface area contributed by atoms with E-state index in [2.05, 4.69) is 0 Å². The van der Waals surface area contributed by atoms with Gasteiger partial charge in [-0.3, -0.25) is 9.59 Å². The number of halogens is 2. The molecule has 0 N–H and O–H groups in total. The van der Waals surface area contributed by atoms with E-state index in [0.29, 0.717) is 59.5 Å². The molecule has 5 nitrogen and oxygen atoms in total. The molecule has 2 aromatic rings. The van der Waals surface area contributed by atoms with Crippen LogP contribution in [0.4, 0.5) is 0 Å². The molecule has 1 fully saturated rings. The summed E-state index contributed by atoms with van der Waals surface area (Å²) >= 11 is 12.0. The van der Waals surface area contributed by atoms with E-state index >= 15 is 0 Å². The first-order valence-electron chi connectivity index (χ1n) is 9.59. The first-order chi connectivity index (χ1) is 13.9. The van der Waals surface area contributed by atoms with E-state index in [1.165, 1.54) is 0 Å². The number of piperidine rings is 1. The van der Waals surface area contributed by atoms with Crippen LogP contribution in [0, 0.1) is 0 Å². The summed E-state index contributed by atoms with van der Waals surface area (Å²) in [5.74, 6) is 1.04. The zero-order valence-corrected chi connectivity index (χ0v) is 17.5. The van der Waals surface area contributed by atoms with Crippen LogP contribution in [0.5, 0.6) is 11.5 Å². The molecule has 1 spiro atoms. The van der Waals surface area contributed by atoms with Crippen molar-refractivity contribution in [2.24, 2.45) is 0 Å². The van der Waals surface area contributed by atoms with Gasteiger partial charge < -0.3 is 14.4 Å². The fourth-order valence-electron chi connectivity index (χ4n) is 3.93. The predicted molar refractivity (Wildman–Crippen MR) is 111 cm³/mol. The van der Waals surface area contributed by atoms with Gasteiger partial charge in [0.2, 0.25) is 0 Å². The van der Waals surface area contributed by atoms with Crippen molar-refractivity contribution in [1.29, 1.82) is 0 Å². The van der Waals surface area contributed by atoms with Crippen molar-refractivity contribution in [2.75, 3.05) is 13.1 Å². The number of carbonyl (C=O) groups is 2. The summed E-state index contributed by atoms with van der Waals surface area (Å²) in [6.45, 7) is 2.72. The van der Waals surface area contributed by atoms with Gasteiger partial charge in [-0.25, -0.2) is 0 Å². The third-order valence-electron chi connectivity index (χ3n) is 5.53. The Hall–Kier alpha value is -2.24. The SMILES string of the molecule is CC(Oc1ccc(Cl)cc1Cl)C(=O)N1CCC2(CC1)CC(=O)c1ccccc1O2. The van der Waals surface area contributed by atoms with E-state index in [9.17, 15) is 9.59 Å². The van der Waals surface area contributed by atoms with Crippen LogP contribution in [-0.4, -0.2) is 41.4 Å². The van der Waals surface area contributed by atoms with E-state index < -0.39 is 11.7 Å². The third-order valence-corrected chi connectivity index (χ3v) is 6.06. The fourth-order valence-corrected chi connectivity index (χ4v) is 4.38. The Morgan fingerprint density at radius 2 is 1.90 bits per heavy atom. The van der Waals surface area contributed by atoms with Gasteiger partial charge >= 0.3 is 0 Å². The molecule has 0 radical (unpaired) electrons. The highest BCUT2D eigenvalue weighted by molar-refractivity contribution is 6.35. The summed E-state index contributed by atoms with van der Waals surface area (Å²) in [4.78, 5) is 27.1. The van der Waals surface area contributed by atoms with Crippen LogP contribution in [0.2, 0.25) is 10.0 Å². The highest BCUT2D eigenvalue weighted by Crippen LogP contribution is 2.39. The zero-order chi connectivity index (χ0) is 20.6. The molecule has 0 saturated carbocycles. The van der Waals surface area contributed by atoms with Crippen LogP contribution in [0.1, 0.15) is 36.5 Å². The molecular weight excluding hydrogens is 413 g/mol. The maximum atomic E-state index is 12.8. The number of likely N-dealkylation sites (tertiary alicyclic amines) is 1. The summed E-state index contributed by atoms with van der Waals surface area (Å²) in [5, 5.41) is 0.869. The molecule has 0 bridgehead atoms. The monoisotopic (exact) mass is 433 g/mol. The Morgan fingerprint density at radius 3 is 2.62 bits per heavy atom. The molecule has 4 rings (SSSR count). The van der Waals surface area contributed by atoms with Crippen LogP contribution >= 0.6 is 23.2 Å². The molecule has 2 aliphatic heterocycles. The predicted octanol–water partition coefficient (Wildman–Crippen LogP) is 4.79. The van der Waals surface area contributed by atoms with Crippen molar-refractivity contribution >= 4 is 34.9 Å². The Bertz CT molecular complexity index is 954. The van der Waals surface area contributed by atoms with Crippen molar-refractivity contribution in [3.8, 4) is 11.5 Å². The highest BCUT2D eigenvalue weighted by atomic mass is 35.5. The second-order valence-electron chi connectivity index (χ2n) is 7.54. The normalized spacial score (nSPS) is 18.7. The molecule has 152 valence electrons. The number of ether oxygens (including phenoxy) is 2. The van der Waals surface area contributed by atoms with E-state index in [4.69, 9.17) is 32.7 Å². The largest absolute Gasteiger partial charge is 0.486 e. The fraction of sp³-hybridized carbons (Fsp3) is 0.364. The molecule has 0 aromatic heterocycles. The van der Waals surface area contributed by atoms with Crippen LogP contribution in [0.25, 0.3) is 0 Å². The lowest BCUT2D eigenvalue weighted by Crippen LogP contribution is -2.54. The van der Waals surface area contributed by atoms with Crippen LogP contribution in [-0.2, 0) is 4.79 Å². The number of amides is 1. The minimum absolute atomic E-state index is 0.0979. The Labute approximate surface area is 179 Å². The first-order valence-corrected chi connectivity index (χ1v) is 10.3. The van der Waals surface area contributed by atoms with Crippen molar-refractivity contribution < 1.29 is 19.1 Å². The Kier molecular flexibility index (Phi) is 5.45. The average molecular weight is 434 g/mol. The van der Waals surface area contributed by atoms with E-state index in [0.717, 1.165) is 0 Å². The Morgan fingerprint density at radius 1 is 1.17 bits per heavy atom. The number of ketones is 1. The number of nitrogens with zero attached hydrogens (tertiary/aromatic N) is 1. The average Bonchev–Trinajstić information content (AvgIpc) is 2.70. The molecule has 1 saturated heterocycles. The van der Waals surface area contributed by atoms with Gasteiger partial charge in [0, 0.05) is 31.0 Å². The number of rotatable bonds is 3. The third kappa shape index (κ3) is 4.07. The van der Waals surface area contributed by atoms with Gasteiger partial charge in [-0.2, -0.15) is 0 Å². The van der Waals surface area contributed by atoms with Gasteiger partial charge in [-0.05, 0) is 37.3 Å². The number of benzene rings is 2. The zero-order valence-electron chi connectivity index (χ0n) is 16.0. The molecule has 2 aliphatic rings. The van der Waals surface area contributed by atoms with Gasteiger partial charge in [-0.15, -0.1) is 0 Å². The molecule has 29 heavy (non-hydrogen) atoms. The van der Waals surface area contributed by atoms with Crippen LogP contribution < -0.4 is 9.47 Å². The lowest BCUT2D eigenvalue weighted by molar-refractivity contribution is -0.141. The van der Waals surface area contributed by atoms with Crippen molar-refractivity contribution in [3.63, 3.8) is 0 Å². The van der Waals surface area contributed by atoms with Gasteiger partial charge in [0.05, 0.1) is 17.0 Å². The quantitative estimate of drug-likeness (QED) is 0.698. The topological polar surface area (TPSA) is 55.8 Å². The maximum absolute atomic E-state index is 12.8. The number of fused-ring (bicyclic) bond motifs is 1. The minimum Gasteiger partial charge on any atom is -0.486 e. The molecule has 1 unspecified atom stereocenters. The molecule has 7 heteroatoms. The van der Waals surface area contributed by atoms with Gasteiger partial charge in [0.1, 0.15) is 17.1 Å². The summed E-state index contributed by atoms with van der Waals surface area (Å²) in [6.07, 6.45) is 0.872. The summed E-state index contributed by atoms with van der Waals surface area (Å²) in [7, 11) is 0. The maximum Gasteiger partial charge on any atom is 0.263 e. The molecule has 2 aromatic carbocycles. The molecule has 0 aliphatic carbocycles. The van der Waals surface area contributed by atoms with Crippen LogP contribution in [0.3, 0.4) is 0 Å². The highest BCUT2D eigenvalue weighted by Gasteiger charge is 2.44. The summed E-state index contributed by atoms with van der Waals surface area (Å²) < 4.78 is 12.0. The number of Topliss-reactive ketones (excluding diaryl/α,β-unsaturated/α-hetero) is 1. The van der Waals surface area contributed by atoms with Crippen molar-refractivity contribution in [3.05, 3.63) is 58.1 Å². The lowest BCUT2D eigenvalue weighted by atomic mass is 9.82. The van der Waals surface area contributed by atoms with Gasteiger partial charge in [0.25, 0.3) is 5.91 Å². The lowest BCUT2D eigenvalue weighted by Gasteiger charge is -2.44. The second-order valence-corrected chi connectivity index (χ2v) is 8.38. The van der Waals surface area contributed by atoms with Gasteiger partial charge in [-0.1, -0.05) is 35.3 Å². The smallest absolute Gasteiger partial charge is 0.263 e. The number of carbonyl (C=O) groups excluding carboxylic acids is 2. The molecule has 1 amide bonds. The number of para-hydroxylation sites is 1. The van der Waals surface area contributed by atoms with E-state index in [1.54, 1.807) is 36.1 Å². The Balaban J connectivity index is 1.39. The summed E-state index contributed by atoms with van der Waals surface area (Å²) in [6, 6.07) is 12.2. The standard InChI is InChI=1S/C22H21Cl2NO4/c1-14(28-20-7-6-15(23)12-17(20)24)21(27)25-10-8-22(9-11-25)13-18(26)16-4-2-3-5-19(16)29-22/h2-7,12,14H,8-11,13H2,1H3. The second kappa shape index (κ2) is 7.88. The van der Waals surface area contributed by atoms with Crippen molar-refractivity contribution in [2.45, 2.75) is 37.9 Å². The first kappa shape index (κ1) is 20.0. The van der Waals surface area contributed by atoms with Crippen LogP contribution in [0.15, 0.2) is 42.5 Å². The number of hydrogen-bond acceptors (Lipinski definition) is 4.